The lowest BCUT2D eigenvalue weighted by Gasteiger charge is -2.20. The molecule has 1 heterocycles. The van der Waals surface area contributed by atoms with Gasteiger partial charge in [-0.1, -0.05) is 23.7 Å². The van der Waals surface area contributed by atoms with Crippen LogP contribution in [-0.2, 0) is 11.0 Å². The Morgan fingerprint density at radius 3 is 2.58 bits per heavy atom. The van der Waals surface area contributed by atoms with Gasteiger partial charge >= 0.3 is 6.18 Å². The number of hydrogen-bond donors (Lipinski definition) is 0. The van der Waals surface area contributed by atoms with Crippen LogP contribution in [0.5, 0.6) is 0 Å². The minimum absolute atomic E-state index is 0.132. The van der Waals surface area contributed by atoms with Crippen molar-refractivity contribution in [1.29, 1.82) is 0 Å². The number of alkyl halides is 3. The summed E-state index contributed by atoms with van der Waals surface area (Å²) < 4.78 is 38.3. The number of nitrogens with zero attached hydrogens (tertiary/aromatic N) is 1. The molecular formula is C13H9ClF3NO. The lowest BCUT2D eigenvalue weighted by molar-refractivity contribution is -0.137. The van der Waals surface area contributed by atoms with E-state index in [2.05, 4.69) is 4.99 Å². The van der Waals surface area contributed by atoms with E-state index in [0.29, 0.717) is 5.71 Å². The van der Waals surface area contributed by atoms with Crippen molar-refractivity contribution in [1.82, 2.24) is 0 Å². The van der Waals surface area contributed by atoms with Gasteiger partial charge in [-0.15, -0.1) is 0 Å². The van der Waals surface area contributed by atoms with Crippen LogP contribution in [0.15, 0.2) is 35.5 Å². The van der Waals surface area contributed by atoms with Crippen LogP contribution in [0.2, 0.25) is 5.02 Å². The Balaban J connectivity index is 2.56. The molecule has 0 bridgehead atoms. The van der Waals surface area contributed by atoms with Crippen LogP contribution in [0.3, 0.4) is 0 Å². The normalized spacial score (nSPS) is 19.5. The van der Waals surface area contributed by atoms with E-state index < -0.39 is 22.7 Å². The number of allylic oxidation sites excluding steroid dienone is 1. The van der Waals surface area contributed by atoms with E-state index in [1.807, 2.05) is 0 Å². The summed E-state index contributed by atoms with van der Waals surface area (Å²) in [5, 5.41) is -0.446. The highest BCUT2D eigenvalue weighted by atomic mass is 35.5. The Kier molecular flexibility index (Phi) is 3.49. The molecule has 0 saturated heterocycles. The van der Waals surface area contributed by atoms with Gasteiger partial charge in [-0.25, -0.2) is 0 Å². The summed E-state index contributed by atoms with van der Waals surface area (Å²) in [6, 6.07) is 3.54. The Labute approximate surface area is 112 Å². The van der Waals surface area contributed by atoms with Crippen molar-refractivity contribution in [3.63, 3.8) is 0 Å². The molecule has 0 saturated carbocycles. The zero-order chi connectivity index (χ0) is 14.2. The smallest absolute Gasteiger partial charge is 0.294 e. The fraction of sp³-hybridized carbons (Fsp3) is 0.231. The Hall–Kier alpha value is -1.62. The third-order valence-electron chi connectivity index (χ3n) is 2.86. The first kappa shape index (κ1) is 13.8. The molecule has 0 spiro atoms. The van der Waals surface area contributed by atoms with Crippen LogP contribution in [0.4, 0.5) is 13.2 Å². The SMILES string of the molecule is CC1=NC=CC(=O)C1c1cccc(C(F)(F)F)c1Cl. The Morgan fingerprint density at radius 2 is 2.00 bits per heavy atom. The minimum Gasteiger partial charge on any atom is -0.294 e. The summed E-state index contributed by atoms with van der Waals surface area (Å²) in [6.45, 7) is 1.59. The van der Waals surface area contributed by atoms with Crippen LogP contribution in [-0.4, -0.2) is 11.5 Å². The minimum atomic E-state index is -4.55. The quantitative estimate of drug-likeness (QED) is 0.767. The number of carbonyl (C=O) groups excluding carboxylic acids is 1. The summed E-state index contributed by atoms with van der Waals surface area (Å²) >= 11 is 5.81. The van der Waals surface area contributed by atoms with Crippen LogP contribution in [0, 0.1) is 0 Å². The maximum absolute atomic E-state index is 12.8. The molecule has 0 N–H and O–H groups in total. The molecule has 0 amide bonds. The zero-order valence-electron chi connectivity index (χ0n) is 9.83. The molecule has 0 aliphatic carbocycles. The third-order valence-corrected chi connectivity index (χ3v) is 3.29. The molecule has 1 atom stereocenters. The average molecular weight is 288 g/mol. The lowest BCUT2D eigenvalue weighted by atomic mass is 9.88. The summed E-state index contributed by atoms with van der Waals surface area (Å²) in [5.41, 5.74) is -0.386. The first-order valence-electron chi connectivity index (χ1n) is 5.42. The van der Waals surface area contributed by atoms with E-state index in [4.69, 9.17) is 11.6 Å². The monoisotopic (exact) mass is 287 g/mol. The highest BCUT2D eigenvalue weighted by Crippen LogP contribution is 2.39. The molecule has 2 nitrogen and oxygen atoms in total. The highest BCUT2D eigenvalue weighted by molar-refractivity contribution is 6.33. The van der Waals surface area contributed by atoms with Crippen molar-refractivity contribution < 1.29 is 18.0 Å². The van der Waals surface area contributed by atoms with Gasteiger partial charge in [0.25, 0.3) is 0 Å². The number of carbonyl (C=O) groups is 1. The van der Waals surface area contributed by atoms with Gasteiger partial charge < -0.3 is 0 Å². The predicted octanol–water partition coefficient (Wildman–Crippen LogP) is 4.00. The maximum Gasteiger partial charge on any atom is 0.417 e. The molecule has 0 radical (unpaired) electrons. The van der Waals surface area contributed by atoms with E-state index in [9.17, 15) is 18.0 Å². The number of ketones is 1. The summed E-state index contributed by atoms with van der Waals surface area (Å²) in [6.07, 6.45) is -1.99. The summed E-state index contributed by atoms with van der Waals surface area (Å²) in [7, 11) is 0. The van der Waals surface area contributed by atoms with Gasteiger partial charge in [0.15, 0.2) is 5.78 Å². The van der Waals surface area contributed by atoms with Gasteiger partial charge in [-0.3, -0.25) is 9.79 Å². The maximum atomic E-state index is 12.8. The summed E-state index contributed by atoms with van der Waals surface area (Å²) in [4.78, 5) is 15.8. The third kappa shape index (κ3) is 2.56. The van der Waals surface area contributed by atoms with Crippen molar-refractivity contribution in [3.05, 3.63) is 46.6 Å². The van der Waals surface area contributed by atoms with E-state index in [0.717, 1.165) is 6.07 Å². The molecule has 6 heteroatoms. The van der Waals surface area contributed by atoms with Gasteiger partial charge in [-0.2, -0.15) is 13.2 Å². The number of rotatable bonds is 1. The fourth-order valence-corrected chi connectivity index (χ4v) is 2.32. The second-order valence-electron chi connectivity index (χ2n) is 4.13. The Morgan fingerprint density at radius 1 is 1.32 bits per heavy atom. The lowest BCUT2D eigenvalue weighted by Crippen LogP contribution is -2.22. The van der Waals surface area contributed by atoms with Gasteiger partial charge in [0.05, 0.1) is 16.5 Å². The number of halogens is 4. The van der Waals surface area contributed by atoms with E-state index >= 15 is 0 Å². The van der Waals surface area contributed by atoms with Gasteiger partial charge in [0.1, 0.15) is 0 Å². The number of aliphatic imine (C=N–C) groups is 1. The molecule has 100 valence electrons. The molecule has 0 fully saturated rings. The number of benzene rings is 1. The molecule has 0 aromatic heterocycles. The topological polar surface area (TPSA) is 29.4 Å². The second kappa shape index (κ2) is 4.81. The molecule has 1 aromatic carbocycles. The molecule has 1 aliphatic heterocycles. The van der Waals surface area contributed by atoms with Gasteiger partial charge in [0, 0.05) is 18.0 Å². The van der Waals surface area contributed by atoms with E-state index in [1.165, 1.54) is 24.4 Å². The van der Waals surface area contributed by atoms with Crippen molar-refractivity contribution in [3.8, 4) is 0 Å². The van der Waals surface area contributed by atoms with Crippen molar-refractivity contribution in [2.45, 2.75) is 19.0 Å². The van der Waals surface area contributed by atoms with Crippen molar-refractivity contribution in [2.24, 2.45) is 4.99 Å². The standard InChI is InChI=1S/C13H9ClF3NO/c1-7-11(10(19)5-6-18-7)8-3-2-4-9(12(8)14)13(15,16)17/h2-6,11H,1H3. The Bertz CT molecular complexity index is 590. The second-order valence-corrected chi connectivity index (χ2v) is 4.51. The van der Waals surface area contributed by atoms with E-state index in [1.54, 1.807) is 6.92 Å². The molecular weight excluding hydrogens is 279 g/mol. The molecule has 1 aromatic rings. The zero-order valence-corrected chi connectivity index (χ0v) is 10.6. The fourth-order valence-electron chi connectivity index (χ4n) is 1.97. The van der Waals surface area contributed by atoms with Gasteiger partial charge in [-0.05, 0) is 18.6 Å². The first-order chi connectivity index (χ1) is 8.82. The molecule has 19 heavy (non-hydrogen) atoms. The summed E-state index contributed by atoms with van der Waals surface area (Å²) in [5.74, 6) is -1.17. The van der Waals surface area contributed by atoms with Crippen molar-refractivity contribution in [2.75, 3.05) is 0 Å². The number of hydrogen-bond acceptors (Lipinski definition) is 2. The van der Waals surface area contributed by atoms with Crippen molar-refractivity contribution >= 4 is 23.1 Å². The molecule has 1 aliphatic rings. The van der Waals surface area contributed by atoms with Crippen LogP contribution < -0.4 is 0 Å². The van der Waals surface area contributed by atoms with E-state index in [-0.39, 0.29) is 11.3 Å². The van der Waals surface area contributed by atoms with Crippen LogP contribution in [0.1, 0.15) is 24.0 Å². The van der Waals surface area contributed by atoms with Gasteiger partial charge in [0.2, 0.25) is 0 Å². The average Bonchev–Trinajstić information content (AvgIpc) is 2.29. The first-order valence-corrected chi connectivity index (χ1v) is 5.80. The van der Waals surface area contributed by atoms with Crippen LogP contribution in [0.25, 0.3) is 0 Å². The molecule has 1 unspecified atom stereocenters. The van der Waals surface area contributed by atoms with Crippen LogP contribution >= 0.6 is 11.6 Å². The molecule has 2 rings (SSSR count). The largest absolute Gasteiger partial charge is 0.417 e. The predicted molar refractivity (Wildman–Crippen MR) is 66.5 cm³/mol. The highest BCUT2D eigenvalue weighted by Gasteiger charge is 2.36.